The van der Waals surface area contributed by atoms with E-state index in [2.05, 4.69) is 4.90 Å². The van der Waals surface area contributed by atoms with Crippen molar-refractivity contribution in [2.24, 2.45) is 0 Å². The summed E-state index contributed by atoms with van der Waals surface area (Å²) in [7, 11) is 0. The molecular formula is C18H21F3N2O. The molecule has 0 unspecified atom stereocenters. The van der Waals surface area contributed by atoms with E-state index < -0.39 is 17.7 Å². The van der Waals surface area contributed by atoms with Crippen LogP contribution in [0.4, 0.5) is 13.2 Å². The molecule has 0 bridgehead atoms. The Morgan fingerprint density at radius 3 is 2.50 bits per heavy atom. The number of benzene rings is 1. The summed E-state index contributed by atoms with van der Waals surface area (Å²) in [5, 5.41) is 0. The molecular weight excluding hydrogens is 317 g/mol. The highest BCUT2D eigenvalue weighted by Crippen LogP contribution is 2.34. The summed E-state index contributed by atoms with van der Waals surface area (Å²) in [5.41, 5.74) is -0.851. The van der Waals surface area contributed by atoms with Crippen LogP contribution in [-0.4, -0.2) is 54.1 Å². The number of hydrogen-bond acceptors (Lipinski definition) is 2. The highest BCUT2D eigenvalue weighted by molar-refractivity contribution is 5.96. The van der Waals surface area contributed by atoms with Crippen LogP contribution in [0, 0.1) is 0 Å². The van der Waals surface area contributed by atoms with E-state index >= 15 is 0 Å². The molecule has 0 saturated carbocycles. The number of carbonyl (C=O) groups is 1. The molecule has 2 heterocycles. The summed E-state index contributed by atoms with van der Waals surface area (Å²) in [5.74, 6) is -0.542. The van der Waals surface area contributed by atoms with Gasteiger partial charge in [-0.2, -0.15) is 13.2 Å². The monoisotopic (exact) mass is 338 g/mol. The molecule has 3 rings (SSSR count). The maximum absolute atomic E-state index is 13.4. The van der Waals surface area contributed by atoms with Crippen molar-refractivity contribution in [3.63, 3.8) is 0 Å². The van der Waals surface area contributed by atoms with Crippen LogP contribution in [0.5, 0.6) is 0 Å². The molecule has 2 saturated heterocycles. The van der Waals surface area contributed by atoms with Crippen LogP contribution in [0.25, 0.3) is 5.57 Å². The van der Waals surface area contributed by atoms with Crippen LogP contribution < -0.4 is 0 Å². The third kappa shape index (κ3) is 3.80. The van der Waals surface area contributed by atoms with E-state index in [0.717, 1.165) is 38.4 Å². The summed E-state index contributed by atoms with van der Waals surface area (Å²) in [4.78, 5) is 16.4. The molecule has 1 aromatic rings. The summed E-state index contributed by atoms with van der Waals surface area (Å²) in [6, 6.07) is 7.80. The molecule has 0 spiro atoms. The summed E-state index contributed by atoms with van der Waals surface area (Å²) >= 11 is 0. The van der Waals surface area contributed by atoms with Crippen LogP contribution in [-0.2, 0) is 4.79 Å². The molecule has 1 amide bonds. The zero-order valence-electron chi connectivity index (χ0n) is 13.4. The number of hydrogen-bond donors (Lipinski definition) is 0. The third-order valence-corrected chi connectivity index (χ3v) is 4.77. The maximum atomic E-state index is 13.4. The van der Waals surface area contributed by atoms with Gasteiger partial charge in [-0.15, -0.1) is 0 Å². The molecule has 0 N–H and O–H groups in total. The van der Waals surface area contributed by atoms with Crippen molar-refractivity contribution in [2.75, 3.05) is 26.2 Å². The minimum absolute atomic E-state index is 0.0238. The Hall–Kier alpha value is -1.82. The zero-order valence-corrected chi connectivity index (χ0v) is 13.4. The Labute approximate surface area is 139 Å². The van der Waals surface area contributed by atoms with Gasteiger partial charge >= 0.3 is 6.18 Å². The van der Waals surface area contributed by atoms with Gasteiger partial charge in [-0.25, -0.2) is 0 Å². The van der Waals surface area contributed by atoms with E-state index in [9.17, 15) is 18.0 Å². The van der Waals surface area contributed by atoms with Crippen LogP contribution in [0.3, 0.4) is 0 Å². The Kier molecular flexibility index (Phi) is 4.94. The van der Waals surface area contributed by atoms with Crippen molar-refractivity contribution >= 4 is 11.5 Å². The lowest BCUT2D eigenvalue weighted by molar-refractivity contribution is -0.126. The number of amides is 1. The highest BCUT2D eigenvalue weighted by atomic mass is 19.4. The molecule has 0 aromatic heterocycles. The van der Waals surface area contributed by atoms with Crippen LogP contribution >= 0.6 is 0 Å². The van der Waals surface area contributed by atoms with Crippen molar-refractivity contribution < 1.29 is 18.0 Å². The molecule has 6 heteroatoms. The molecule has 0 radical (unpaired) electrons. The average molecular weight is 338 g/mol. The fourth-order valence-electron chi connectivity index (χ4n) is 3.57. The van der Waals surface area contributed by atoms with E-state index in [-0.39, 0.29) is 11.6 Å². The number of carbonyl (C=O) groups excluding carboxylic acids is 1. The van der Waals surface area contributed by atoms with Gasteiger partial charge in [-0.3, -0.25) is 9.69 Å². The first-order chi connectivity index (χ1) is 11.4. The lowest BCUT2D eigenvalue weighted by Gasteiger charge is -2.25. The van der Waals surface area contributed by atoms with Gasteiger partial charge in [0.1, 0.15) is 0 Å². The molecule has 1 aromatic carbocycles. The number of halogens is 3. The van der Waals surface area contributed by atoms with Crippen LogP contribution in [0.1, 0.15) is 24.8 Å². The van der Waals surface area contributed by atoms with Gasteiger partial charge in [-0.1, -0.05) is 30.3 Å². The second kappa shape index (κ2) is 6.97. The number of rotatable bonds is 2. The van der Waals surface area contributed by atoms with Gasteiger partial charge in [0.15, 0.2) is 0 Å². The lowest BCUT2D eigenvalue weighted by atomic mass is 10.0. The van der Waals surface area contributed by atoms with Crippen molar-refractivity contribution in [1.29, 1.82) is 0 Å². The summed E-state index contributed by atoms with van der Waals surface area (Å²) < 4.78 is 40.1. The number of allylic oxidation sites excluding steroid dienone is 1. The summed E-state index contributed by atoms with van der Waals surface area (Å²) in [6.07, 6.45) is -0.871. The van der Waals surface area contributed by atoms with Crippen molar-refractivity contribution in [1.82, 2.24) is 9.80 Å². The normalized spacial score (nSPS) is 23.0. The molecule has 3 nitrogen and oxygen atoms in total. The van der Waals surface area contributed by atoms with E-state index in [0.29, 0.717) is 13.1 Å². The first-order valence-corrected chi connectivity index (χ1v) is 8.32. The molecule has 0 aliphatic carbocycles. The fourth-order valence-corrected chi connectivity index (χ4v) is 3.57. The van der Waals surface area contributed by atoms with Crippen molar-refractivity contribution in [3.05, 3.63) is 42.0 Å². The van der Waals surface area contributed by atoms with Gasteiger partial charge < -0.3 is 4.90 Å². The van der Waals surface area contributed by atoms with Crippen LogP contribution in [0.15, 0.2) is 36.4 Å². The molecule has 130 valence electrons. The molecule has 2 fully saturated rings. The SMILES string of the molecule is O=C(/C=C(/c1ccccc1)C(F)(F)F)N1CCCN2CCC[C@H]2C1. The Bertz CT molecular complexity index is 612. The van der Waals surface area contributed by atoms with Gasteiger partial charge in [0.2, 0.25) is 5.91 Å². The Balaban J connectivity index is 1.82. The second-order valence-electron chi connectivity index (χ2n) is 6.39. The van der Waals surface area contributed by atoms with E-state index in [4.69, 9.17) is 0 Å². The quantitative estimate of drug-likeness (QED) is 0.772. The molecule has 2 aliphatic rings. The van der Waals surface area contributed by atoms with E-state index in [1.165, 1.54) is 12.1 Å². The Morgan fingerprint density at radius 1 is 1.08 bits per heavy atom. The zero-order chi connectivity index (χ0) is 17.2. The molecule has 2 aliphatic heterocycles. The average Bonchev–Trinajstić information content (AvgIpc) is 2.89. The number of nitrogens with zero attached hydrogens (tertiary/aromatic N) is 2. The standard InChI is InChI=1S/C18H21F3N2O/c19-18(20,21)16(14-6-2-1-3-7-14)12-17(24)23-11-5-10-22-9-4-8-15(22)13-23/h1-3,6-7,12,15H,4-5,8-11,13H2/b16-12-/t15-/m0/s1. The van der Waals surface area contributed by atoms with E-state index in [1.807, 2.05) is 0 Å². The predicted octanol–water partition coefficient (Wildman–Crippen LogP) is 3.33. The van der Waals surface area contributed by atoms with E-state index in [1.54, 1.807) is 23.1 Å². The lowest BCUT2D eigenvalue weighted by Crippen LogP contribution is -2.39. The topological polar surface area (TPSA) is 23.6 Å². The number of fused-ring (bicyclic) bond motifs is 1. The predicted molar refractivity (Wildman–Crippen MR) is 86.3 cm³/mol. The minimum Gasteiger partial charge on any atom is -0.338 e. The van der Waals surface area contributed by atoms with Crippen molar-refractivity contribution in [3.8, 4) is 0 Å². The molecule has 1 atom stereocenters. The van der Waals surface area contributed by atoms with Gasteiger partial charge in [0.05, 0.1) is 5.57 Å². The Morgan fingerprint density at radius 2 is 1.79 bits per heavy atom. The largest absolute Gasteiger partial charge is 0.417 e. The van der Waals surface area contributed by atoms with Gasteiger partial charge in [-0.05, 0) is 31.4 Å². The maximum Gasteiger partial charge on any atom is 0.417 e. The first kappa shape index (κ1) is 17.0. The van der Waals surface area contributed by atoms with Gasteiger partial charge in [0.25, 0.3) is 0 Å². The minimum atomic E-state index is -4.55. The van der Waals surface area contributed by atoms with Gasteiger partial charge in [0, 0.05) is 31.8 Å². The highest BCUT2D eigenvalue weighted by Gasteiger charge is 2.36. The molecule has 24 heavy (non-hydrogen) atoms. The van der Waals surface area contributed by atoms with Crippen molar-refractivity contribution in [2.45, 2.75) is 31.5 Å². The first-order valence-electron chi connectivity index (χ1n) is 8.32. The summed E-state index contributed by atoms with van der Waals surface area (Å²) in [6.45, 7) is 2.99. The third-order valence-electron chi connectivity index (χ3n) is 4.77. The second-order valence-corrected chi connectivity index (χ2v) is 6.39. The fraction of sp³-hybridized carbons (Fsp3) is 0.500. The smallest absolute Gasteiger partial charge is 0.338 e. The van der Waals surface area contributed by atoms with Crippen LogP contribution in [0.2, 0.25) is 0 Å². The number of alkyl halides is 3.